The Kier molecular flexibility index (Phi) is 10.1. The zero-order valence-corrected chi connectivity index (χ0v) is 26.8. The van der Waals surface area contributed by atoms with Crippen molar-refractivity contribution in [1.82, 2.24) is 10.2 Å². The standard InChI is InChI=1S/C35H47N3O4/c1-22(2)19-29(37-33(41)42-35(8,9)10)32(40)38(34(5,6)7)30(28-18-15-23(3)20-24(28)4)31(39)36-27-17-16-25-13-11-12-14-26(25)21-27/h11-18,20-22,29-30H,19H2,1-10H3,(H,36,39)(H,37,41). The van der Waals surface area contributed by atoms with E-state index in [-0.39, 0.29) is 17.7 Å². The lowest BCUT2D eigenvalue weighted by molar-refractivity contribution is -0.147. The predicted octanol–water partition coefficient (Wildman–Crippen LogP) is 7.70. The molecule has 2 N–H and O–H groups in total. The number of fused-ring (bicyclic) bond motifs is 1. The van der Waals surface area contributed by atoms with E-state index in [9.17, 15) is 14.4 Å². The van der Waals surface area contributed by atoms with Gasteiger partial charge >= 0.3 is 6.09 Å². The fraction of sp³-hybridized carbons (Fsp3) is 0.457. The average molecular weight is 574 g/mol. The van der Waals surface area contributed by atoms with E-state index in [2.05, 4.69) is 10.6 Å². The van der Waals surface area contributed by atoms with Crippen LogP contribution in [0.15, 0.2) is 60.7 Å². The molecule has 3 aromatic carbocycles. The lowest BCUT2D eigenvalue weighted by Gasteiger charge is -2.43. The Morgan fingerprint density at radius 1 is 0.857 bits per heavy atom. The van der Waals surface area contributed by atoms with Crippen LogP contribution in [0.25, 0.3) is 10.8 Å². The first-order valence-electron chi connectivity index (χ1n) is 14.7. The highest BCUT2D eigenvalue weighted by Crippen LogP contribution is 2.34. The van der Waals surface area contributed by atoms with Gasteiger partial charge in [-0.2, -0.15) is 0 Å². The van der Waals surface area contributed by atoms with E-state index in [0.717, 1.165) is 27.5 Å². The van der Waals surface area contributed by atoms with Crippen molar-refractivity contribution in [1.29, 1.82) is 0 Å². The Balaban J connectivity index is 2.10. The summed E-state index contributed by atoms with van der Waals surface area (Å²) in [4.78, 5) is 43.3. The second-order valence-corrected chi connectivity index (χ2v) is 13.5. The highest BCUT2D eigenvalue weighted by atomic mass is 16.6. The summed E-state index contributed by atoms with van der Waals surface area (Å²) < 4.78 is 5.50. The van der Waals surface area contributed by atoms with Crippen LogP contribution in [0.3, 0.4) is 0 Å². The molecule has 0 saturated heterocycles. The number of anilines is 1. The van der Waals surface area contributed by atoms with Crippen molar-refractivity contribution in [3.8, 4) is 0 Å². The molecule has 7 nitrogen and oxygen atoms in total. The largest absolute Gasteiger partial charge is 0.444 e. The van der Waals surface area contributed by atoms with Gasteiger partial charge in [-0.15, -0.1) is 0 Å². The van der Waals surface area contributed by atoms with Gasteiger partial charge in [0, 0.05) is 11.2 Å². The Morgan fingerprint density at radius 3 is 2.07 bits per heavy atom. The van der Waals surface area contributed by atoms with Crippen LogP contribution in [0.4, 0.5) is 10.5 Å². The fourth-order valence-corrected chi connectivity index (χ4v) is 5.16. The molecule has 3 amide bonds. The number of nitrogens with one attached hydrogen (secondary N) is 2. The van der Waals surface area contributed by atoms with Crippen LogP contribution in [0.5, 0.6) is 0 Å². The number of hydrogen-bond acceptors (Lipinski definition) is 4. The maximum Gasteiger partial charge on any atom is 0.408 e. The molecule has 42 heavy (non-hydrogen) atoms. The number of nitrogens with zero attached hydrogens (tertiary/aromatic N) is 1. The number of alkyl carbamates (subject to hydrolysis) is 1. The summed E-state index contributed by atoms with van der Waals surface area (Å²) >= 11 is 0. The normalized spacial score (nSPS) is 13.4. The molecule has 3 rings (SSSR count). The third-order valence-corrected chi connectivity index (χ3v) is 6.90. The first kappa shape index (κ1) is 32.6. The lowest BCUT2D eigenvalue weighted by Crippen LogP contribution is -2.58. The molecular weight excluding hydrogens is 526 g/mol. The summed E-state index contributed by atoms with van der Waals surface area (Å²) in [5.41, 5.74) is 1.83. The summed E-state index contributed by atoms with van der Waals surface area (Å²) in [6, 6.07) is 17.8. The Bertz CT molecular complexity index is 1430. The number of carbonyl (C=O) groups excluding carboxylic acids is 3. The molecule has 7 heteroatoms. The molecule has 0 aliphatic carbocycles. The maximum atomic E-state index is 14.5. The van der Waals surface area contributed by atoms with Crippen LogP contribution in [-0.2, 0) is 14.3 Å². The number of ether oxygens (including phenoxy) is 1. The van der Waals surface area contributed by atoms with E-state index in [4.69, 9.17) is 4.74 Å². The van der Waals surface area contributed by atoms with Crippen molar-refractivity contribution in [2.45, 2.75) is 98.9 Å². The topological polar surface area (TPSA) is 87.7 Å². The molecule has 0 radical (unpaired) electrons. The van der Waals surface area contributed by atoms with Crippen LogP contribution in [0.2, 0.25) is 0 Å². The van der Waals surface area contributed by atoms with Crippen molar-refractivity contribution in [2.24, 2.45) is 5.92 Å². The summed E-state index contributed by atoms with van der Waals surface area (Å²) in [5.74, 6) is -0.580. The van der Waals surface area contributed by atoms with E-state index in [1.165, 1.54) is 0 Å². The van der Waals surface area contributed by atoms with Gasteiger partial charge < -0.3 is 20.3 Å². The fourth-order valence-electron chi connectivity index (χ4n) is 5.16. The lowest BCUT2D eigenvalue weighted by atomic mass is 9.91. The monoisotopic (exact) mass is 573 g/mol. The van der Waals surface area contributed by atoms with E-state index < -0.39 is 29.3 Å². The summed E-state index contributed by atoms with van der Waals surface area (Å²) in [6.07, 6.45) is -0.282. The van der Waals surface area contributed by atoms with E-state index in [1.807, 2.05) is 109 Å². The van der Waals surface area contributed by atoms with E-state index >= 15 is 0 Å². The molecule has 0 fully saturated rings. The smallest absolute Gasteiger partial charge is 0.408 e. The number of benzene rings is 3. The highest BCUT2D eigenvalue weighted by Gasteiger charge is 2.42. The number of rotatable bonds is 8. The van der Waals surface area contributed by atoms with Crippen molar-refractivity contribution in [3.05, 3.63) is 77.4 Å². The van der Waals surface area contributed by atoms with Crippen molar-refractivity contribution in [2.75, 3.05) is 5.32 Å². The van der Waals surface area contributed by atoms with Crippen molar-refractivity contribution in [3.63, 3.8) is 0 Å². The number of amides is 3. The quantitative estimate of drug-likeness (QED) is 0.289. The van der Waals surface area contributed by atoms with Gasteiger partial charge in [-0.25, -0.2) is 4.79 Å². The SMILES string of the molecule is Cc1ccc(C(C(=O)Nc2ccc3ccccc3c2)N(C(=O)C(CC(C)C)NC(=O)OC(C)(C)C)C(C)(C)C)c(C)c1. The van der Waals surface area contributed by atoms with Crippen LogP contribution < -0.4 is 10.6 Å². The molecule has 3 aromatic rings. The van der Waals surface area contributed by atoms with Gasteiger partial charge in [0.25, 0.3) is 5.91 Å². The highest BCUT2D eigenvalue weighted by molar-refractivity contribution is 6.00. The van der Waals surface area contributed by atoms with Crippen molar-refractivity contribution < 1.29 is 19.1 Å². The van der Waals surface area contributed by atoms with Crippen LogP contribution in [-0.4, -0.2) is 40.0 Å². The minimum Gasteiger partial charge on any atom is -0.444 e. The molecule has 2 unspecified atom stereocenters. The average Bonchev–Trinajstić information content (AvgIpc) is 2.84. The molecule has 0 aromatic heterocycles. The third-order valence-electron chi connectivity index (χ3n) is 6.90. The Morgan fingerprint density at radius 2 is 1.50 bits per heavy atom. The van der Waals surface area contributed by atoms with Crippen LogP contribution >= 0.6 is 0 Å². The number of carbonyl (C=O) groups is 3. The Labute approximate surface area is 251 Å². The maximum absolute atomic E-state index is 14.5. The molecule has 2 atom stereocenters. The molecule has 226 valence electrons. The predicted molar refractivity (Wildman–Crippen MR) is 170 cm³/mol. The molecule has 0 bridgehead atoms. The molecule has 0 aliphatic heterocycles. The zero-order valence-electron chi connectivity index (χ0n) is 26.8. The molecule has 0 aliphatic rings. The first-order chi connectivity index (χ1) is 19.5. The molecule has 0 heterocycles. The number of hydrogen-bond donors (Lipinski definition) is 2. The van der Waals surface area contributed by atoms with E-state index in [0.29, 0.717) is 12.1 Å². The summed E-state index contributed by atoms with van der Waals surface area (Å²) in [5, 5.41) is 7.97. The zero-order chi connectivity index (χ0) is 31.4. The van der Waals surface area contributed by atoms with Gasteiger partial charge in [0.05, 0.1) is 0 Å². The summed E-state index contributed by atoms with van der Waals surface area (Å²) in [6.45, 7) is 19.0. The number of aryl methyl sites for hydroxylation is 2. The van der Waals surface area contributed by atoms with Gasteiger partial charge in [-0.05, 0) is 102 Å². The van der Waals surface area contributed by atoms with Gasteiger partial charge in [-0.1, -0.05) is 67.9 Å². The molecule has 0 saturated carbocycles. The second-order valence-electron chi connectivity index (χ2n) is 13.5. The molecule has 0 spiro atoms. The van der Waals surface area contributed by atoms with Gasteiger partial charge in [0.15, 0.2) is 0 Å². The minimum atomic E-state index is -0.959. The van der Waals surface area contributed by atoms with Gasteiger partial charge in [-0.3, -0.25) is 9.59 Å². The second kappa shape index (κ2) is 13.0. The summed E-state index contributed by atoms with van der Waals surface area (Å²) in [7, 11) is 0. The molecular formula is C35H47N3O4. The van der Waals surface area contributed by atoms with Crippen LogP contribution in [0.1, 0.15) is 84.5 Å². The Hall–Kier alpha value is -3.87. The van der Waals surface area contributed by atoms with Gasteiger partial charge in [0.1, 0.15) is 17.7 Å². The third kappa shape index (κ3) is 8.57. The van der Waals surface area contributed by atoms with Gasteiger partial charge in [0.2, 0.25) is 5.91 Å². The van der Waals surface area contributed by atoms with Crippen molar-refractivity contribution >= 4 is 34.4 Å². The van der Waals surface area contributed by atoms with E-state index in [1.54, 1.807) is 25.7 Å². The minimum absolute atomic E-state index is 0.0988. The first-order valence-corrected chi connectivity index (χ1v) is 14.7. The van der Waals surface area contributed by atoms with Crippen LogP contribution in [0, 0.1) is 19.8 Å².